The molecule has 3 heteroatoms. The first-order chi connectivity index (χ1) is 9.21. The fourth-order valence-electron chi connectivity index (χ4n) is 3.13. The summed E-state index contributed by atoms with van der Waals surface area (Å²) in [7, 11) is 2.32. The van der Waals surface area contributed by atoms with E-state index >= 15 is 0 Å². The van der Waals surface area contributed by atoms with Gasteiger partial charge >= 0.3 is 0 Å². The number of piperidine rings is 1. The largest absolute Gasteiger partial charge is 0.313 e. The highest BCUT2D eigenvalue weighted by Crippen LogP contribution is 2.16. The summed E-state index contributed by atoms with van der Waals surface area (Å²) in [6.45, 7) is 13.0. The maximum atomic E-state index is 3.71. The summed E-state index contributed by atoms with van der Waals surface area (Å²) in [6.07, 6.45) is 6.51. The Kier molecular flexibility index (Phi) is 8.67. The van der Waals surface area contributed by atoms with E-state index in [4.69, 9.17) is 0 Å². The van der Waals surface area contributed by atoms with Crippen molar-refractivity contribution in [3.05, 3.63) is 0 Å². The van der Waals surface area contributed by atoms with Crippen LogP contribution < -0.4 is 5.32 Å². The van der Waals surface area contributed by atoms with Crippen molar-refractivity contribution in [3.63, 3.8) is 0 Å². The van der Waals surface area contributed by atoms with Gasteiger partial charge in [-0.05, 0) is 58.9 Å². The molecule has 0 bridgehead atoms. The van der Waals surface area contributed by atoms with Crippen LogP contribution in [-0.2, 0) is 0 Å². The molecule has 0 amide bonds. The third kappa shape index (κ3) is 6.24. The van der Waals surface area contributed by atoms with Gasteiger partial charge < -0.3 is 15.1 Å². The first-order valence-corrected chi connectivity index (χ1v) is 8.37. The molecule has 1 saturated heterocycles. The molecule has 0 spiro atoms. The number of nitrogens with zero attached hydrogens (tertiary/aromatic N) is 2. The maximum Gasteiger partial charge on any atom is 0.0194 e. The Morgan fingerprint density at radius 3 is 2.37 bits per heavy atom. The summed E-state index contributed by atoms with van der Waals surface area (Å²) in [5.41, 5.74) is 0. The third-order valence-corrected chi connectivity index (χ3v) is 4.46. The Balaban J connectivity index is 2.32. The number of rotatable bonds is 9. The van der Waals surface area contributed by atoms with Gasteiger partial charge in [0.05, 0.1) is 0 Å². The fourth-order valence-corrected chi connectivity index (χ4v) is 3.13. The van der Waals surface area contributed by atoms with Crippen LogP contribution in [0.3, 0.4) is 0 Å². The Morgan fingerprint density at radius 1 is 1.16 bits per heavy atom. The molecule has 19 heavy (non-hydrogen) atoms. The van der Waals surface area contributed by atoms with Crippen molar-refractivity contribution in [1.82, 2.24) is 15.1 Å². The molecule has 1 fully saturated rings. The van der Waals surface area contributed by atoms with E-state index in [-0.39, 0.29) is 0 Å². The van der Waals surface area contributed by atoms with Crippen LogP contribution in [0.25, 0.3) is 0 Å². The molecule has 1 rings (SSSR count). The highest BCUT2D eigenvalue weighted by molar-refractivity contribution is 4.80. The van der Waals surface area contributed by atoms with E-state index in [2.05, 4.69) is 42.9 Å². The molecule has 1 heterocycles. The number of nitrogens with one attached hydrogen (secondary N) is 1. The zero-order valence-corrected chi connectivity index (χ0v) is 13.6. The molecule has 0 radical (unpaired) electrons. The van der Waals surface area contributed by atoms with E-state index in [1.807, 2.05) is 0 Å². The monoisotopic (exact) mass is 269 g/mol. The van der Waals surface area contributed by atoms with Gasteiger partial charge in [-0.25, -0.2) is 0 Å². The van der Waals surface area contributed by atoms with E-state index in [1.165, 1.54) is 58.3 Å². The molecular formula is C16H35N3. The van der Waals surface area contributed by atoms with Crippen molar-refractivity contribution < 1.29 is 0 Å². The number of likely N-dealkylation sites (tertiary alicyclic amines) is 1. The van der Waals surface area contributed by atoms with E-state index in [1.54, 1.807) is 0 Å². The molecule has 1 aliphatic heterocycles. The highest BCUT2D eigenvalue weighted by Gasteiger charge is 2.23. The van der Waals surface area contributed by atoms with Crippen molar-refractivity contribution in [3.8, 4) is 0 Å². The third-order valence-electron chi connectivity index (χ3n) is 4.46. The second-order valence-electron chi connectivity index (χ2n) is 6.04. The van der Waals surface area contributed by atoms with Crippen molar-refractivity contribution in [2.45, 2.75) is 65.0 Å². The molecule has 1 unspecified atom stereocenters. The molecule has 1 aliphatic rings. The van der Waals surface area contributed by atoms with Gasteiger partial charge in [0.1, 0.15) is 0 Å². The van der Waals surface area contributed by atoms with E-state index < -0.39 is 0 Å². The Bertz CT molecular complexity index is 212. The van der Waals surface area contributed by atoms with Crippen LogP contribution >= 0.6 is 0 Å². The second kappa shape index (κ2) is 9.73. The van der Waals surface area contributed by atoms with Crippen LogP contribution in [0.4, 0.5) is 0 Å². The Morgan fingerprint density at radius 2 is 1.84 bits per heavy atom. The van der Waals surface area contributed by atoms with Gasteiger partial charge in [-0.1, -0.05) is 27.2 Å². The van der Waals surface area contributed by atoms with Crippen LogP contribution in [0.2, 0.25) is 0 Å². The Hall–Kier alpha value is -0.120. The minimum atomic E-state index is 0.680. The zero-order valence-electron chi connectivity index (χ0n) is 13.6. The lowest BCUT2D eigenvalue weighted by Crippen LogP contribution is -2.48. The normalized spacial score (nSPS) is 20.1. The van der Waals surface area contributed by atoms with Crippen LogP contribution in [0.5, 0.6) is 0 Å². The molecule has 0 aromatic carbocycles. The summed E-state index contributed by atoms with van der Waals surface area (Å²) in [5.74, 6) is 0. The lowest BCUT2D eigenvalue weighted by Gasteiger charge is -2.38. The van der Waals surface area contributed by atoms with Gasteiger partial charge in [-0.2, -0.15) is 0 Å². The van der Waals surface area contributed by atoms with Crippen molar-refractivity contribution in [2.75, 3.05) is 39.8 Å². The van der Waals surface area contributed by atoms with Gasteiger partial charge in [0.2, 0.25) is 0 Å². The SMILES string of the molecule is CCCNC(CCC)CN(C)C1CCN(CC)CC1. The molecule has 3 nitrogen and oxygen atoms in total. The summed E-state index contributed by atoms with van der Waals surface area (Å²) in [4.78, 5) is 5.18. The van der Waals surface area contributed by atoms with Gasteiger partial charge in [0.25, 0.3) is 0 Å². The average Bonchev–Trinajstić information content (AvgIpc) is 2.45. The van der Waals surface area contributed by atoms with Gasteiger partial charge in [0.15, 0.2) is 0 Å². The molecule has 0 aliphatic carbocycles. The van der Waals surface area contributed by atoms with Crippen LogP contribution in [0, 0.1) is 0 Å². The quantitative estimate of drug-likeness (QED) is 0.694. The summed E-state index contributed by atoms with van der Waals surface area (Å²) < 4.78 is 0. The molecule has 0 aromatic rings. The second-order valence-corrected chi connectivity index (χ2v) is 6.04. The molecule has 1 N–H and O–H groups in total. The van der Waals surface area contributed by atoms with E-state index in [9.17, 15) is 0 Å². The van der Waals surface area contributed by atoms with Gasteiger partial charge in [-0.3, -0.25) is 0 Å². The summed E-state index contributed by atoms with van der Waals surface area (Å²) >= 11 is 0. The zero-order chi connectivity index (χ0) is 14.1. The average molecular weight is 269 g/mol. The molecule has 0 saturated carbocycles. The molecule has 1 atom stereocenters. The van der Waals surface area contributed by atoms with Crippen molar-refractivity contribution in [1.29, 1.82) is 0 Å². The number of likely N-dealkylation sites (N-methyl/N-ethyl adjacent to an activating group) is 1. The van der Waals surface area contributed by atoms with Gasteiger partial charge in [0, 0.05) is 18.6 Å². The molecule has 114 valence electrons. The Labute approximate surface area is 120 Å². The molecular weight excluding hydrogens is 234 g/mol. The van der Waals surface area contributed by atoms with Crippen LogP contribution in [0.1, 0.15) is 52.9 Å². The summed E-state index contributed by atoms with van der Waals surface area (Å²) in [5, 5.41) is 3.71. The maximum absolute atomic E-state index is 3.71. The van der Waals surface area contributed by atoms with Gasteiger partial charge in [-0.15, -0.1) is 0 Å². The number of hydrogen-bond acceptors (Lipinski definition) is 3. The lowest BCUT2D eigenvalue weighted by molar-refractivity contribution is 0.122. The van der Waals surface area contributed by atoms with E-state index in [0.717, 1.165) is 12.6 Å². The topological polar surface area (TPSA) is 18.5 Å². The smallest absolute Gasteiger partial charge is 0.0194 e. The molecule has 0 aromatic heterocycles. The van der Waals surface area contributed by atoms with Crippen LogP contribution in [0.15, 0.2) is 0 Å². The highest BCUT2D eigenvalue weighted by atomic mass is 15.2. The minimum absolute atomic E-state index is 0.680. The standard InChI is InChI=1S/C16H35N3/c1-5-8-15(17-11-6-2)14-18(4)16-9-12-19(7-3)13-10-16/h15-17H,5-14H2,1-4H3. The fraction of sp³-hybridized carbons (Fsp3) is 1.00. The first kappa shape index (κ1) is 16.9. The lowest BCUT2D eigenvalue weighted by atomic mass is 10.0. The minimum Gasteiger partial charge on any atom is -0.313 e. The van der Waals surface area contributed by atoms with E-state index in [0.29, 0.717) is 6.04 Å². The van der Waals surface area contributed by atoms with Crippen molar-refractivity contribution in [2.24, 2.45) is 0 Å². The number of hydrogen-bond donors (Lipinski definition) is 1. The predicted octanol–water partition coefficient (Wildman–Crippen LogP) is 2.57. The van der Waals surface area contributed by atoms with Crippen molar-refractivity contribution >= 4 is 0 Å². The predicted molar refractivity (Wildman–Crippen MR) is 84.8 cm³/mol. The van der Waals surface area contributed by atoms with Crippen LogP contribution in [-0.4, -0.2) is 61.7 Å². The first-order valence-electron chi connectivity index (χ1n) is 8.37. The summed E-state index contributed by atoms with van der Waals surface area (Å²) in [6, 6.07) is 1.48.